The number of nitrogens with zero attached hydrogens (tertiary/aromatic N) is 1. The number of nitrogens with two attached hydrogens (primary N) is 1. The van der Waals surface area contributed by atoms with Crippen LogP contribution < -0.4 is 5.73 Å². The van der Waals surface area contributed by atoms with E-state index in [1.54, 1.807) is 0 Å². The Morgan fingerprint density at radius 1 is 1.64 bits per heavy atom. The van der Waals surface area contributed by atoms with Crippen molar-refractivity contribution in [3.05, 3.63) is 0 Å². The molecular formula is C8H18N2O. The van der Waals surface area contributed by atoms with Crippen LogP contribution in [0, 0.1) is 5.92 Å². The third-order valence-electron chi connectivity index (χ3n) is 2.52. The quantitative estimate of drug-likeness (QED) is 0.577. The Morgan fingerprint density at radius 2 is 2.36 bits per heavy atom. The van der Waals surface area contributed by atoms with Gasteiger partial charge in [0.25, 0.3) is 0 Å². The summed E-state index contributed by atoms with van der Waals surface area (Å²) in [6, 6.07) is 0.301. The number of β-amino-alcohol motifs (C(OH)–C–C–N with tert-alkyl or cyclic N) is 1. The summed E-state index contributed by atoms with van der Waals surface area (Å²) in [5, 5.41) is 8.69. The molecule has 0 radical (unpaired) electrons. The summed E-state index contributed by atoms with van der Waals surface area (Å²) >= 11 is 0. The second-order valence-electron chi connectivity index (χ2n) is 3.45. The van der Waals surface area contributed by atoms with E-state index in [4.69, 9.17) is 10.8 Å². The molecule has 3 heteroatoms. The van der Waals surface area contributed by atoms with E-state index in [0.29, 0.717) is 12.0 Å². The molecule has 3 N–H and O–H groups in total. The lowest BCUT2D eigenvalue weighted by atomic mass is 9.94. The van der Waals surface area contributed by atoms with Crippen LogP contribution in [-0.4, -0.2) is 42.3 Å². The number of aliphatic hydroxyl groups is 1. The van der Waals surface area contributed by atoms with Gasteiger partial charge in [0.15, 0.2) is 0 Å². The molecular weight excluding hydrogens is 140 g/mol. The first-order valence-electron chi connectivity index (χ1n) is 4.33. The molecule has 0 aromatic heterocycles. The van der Waals surface area contributed by atoms with E-state index in [0.717, 1.165) is 19.6 Å². The molecule has 1 aliphatic rings. The molecule has 0 spiro atoms. The Morgan fingerprint density at radius 3 is 2.91 bits per heavy atom. The van der Waals surface area contributed by atoms with Crippen molar-refractivity contribution in [2.75, 3.05) is 26.2 Å². The van der Waals surface area contributed by atoms with Crippen molar-refractivity contribution < 1.29 is 5.11 Å². The molecule has 0 aromatic carbocycles. The molecule has 1 rings (SSSR count). The molecule has 11 heavy (non-hydrogen) atoms. The van der Waals surface area contributed by atoms with Crippen molar-refractivity contribution in [3.63, 3.8) is 0 Å². The average molecular weight is 158 g/mol. The largest absolute Gasteiger partial charge is 0.395 e. The highest BCUT2D eigenvalue weighted by molar-refractivity contribution is 4.79. The van der Waals surface area contributed by atoms with Crippen molar-refractivity contribution in [2.45, 2.75) is 19.4 Å². The van der Waals surface area contributed by atoms with E-state index in [1.165, 1.54) is 6.42 Å². The van der Waals surface area contributed by atoms with Gasteiger partial charge in [-0.1, -0.05) is 6.92 Å². The van der Waals surface area contributed by atoms with Crippen molar-refractivity contribution in [1.29, 1.82) is 0 Å². The van der Waals surface area contributed by atoms with Gasteiger partial charge < -0.3 is 10.8 Å². The summed E-state index contributed by atoms with van der Waals surface area (Å²) in [5.41, 5.74) is 5.88. The standard InChI is InChI=1S/C8H18N2O/c1-7-2-3-10(4-5-11)6-8(7)9/h7-8,11H,2-6,9H2,1H3. The molecule has 66 valence electrons. The van der Waals surface area contributed by atoms with Gasteiger partial charge in [0.2, 0.25) is 0 Å². The maximum absolute atomic E-state index is 8.69. The van der Waals surface area contributed by atoms with Crippen molar-refractivity contribution in [2.24, 2.45) is 11.7 Å². The summed E-state index contributed by atoms with van der Waals surface area (Å²) in [7, 11) is 0. The highest BCUT2D eigenvalue weighted by Gasteiger charge is 2.21. The highest BCUT2D eigenvalue weighted by Crippen LogP contribution is 2.14. The van der Waals surface area contributed by atoms with Gasteiger partial charge in [0.05, 0.1) is 6.61 Å². The SMILES string of the molecule is CC1CCN(CCO)CC1N. The van der Waals surface area contributed by atoms with E-state index in [9.17, 15) is 0 Å². The zero-order valence-electron chi connectivity index (χ0n) is 7.16. The van der Waals surface area contributed by atoms with Crippen LogP contribution in [0.2, 0.25) is 0 Å². The lowest BCUT2D eigenvalue weighted by Crippen LogP contribution is -2.48. The smallest absolute Gasteiger partial charge is 0.0558 e. The first kappa shape index (κ1) is 8.97. The fourth-order valence-corrected chi connectivity index (χ4v) is 1.51. The lowest BCUT2D eigenvalue weighted by molar-refractivity contribution is 0.137. The number of hydrogen-bond acceptors (Lipinski definition) is 3. The first-order valence-corrected chi connectivity index (χ1v) is 4.33. The van der Waals surface area contributed by atoms with E-state index in [2.05, 4.69) is 11.8 Å². The third kappa shape index (κ3) is 2.43. The van der Waals surface area contributed by atoms with Crippen LogP contribution in [-0.2, 0) is 0 Å². The molecule has 1 saturated heterocycles. The summed E-state index contributed by atoms with van der Waals surface area (Å²) in [5.74, 6) is 0.643. The van der Waals surface area contributed by atoms with E-state index in [1.807, 2.05) is 0 Å². The van der Waals surface area contributed by atoms with Gasteiger partial charge in [-0.15, -0.1) is 0 Å². The zero-order valence-corrected chi connectivity index (χ0v) is 7.16. The van der Waals surface area contributed by atoms with Crippen molar-refractivity contribution >= 4 is 0 Å². The van der Waals surface area contributed by atoms with Crippen molar-refractivity contribution in [3.8, 4) is 0 Å². The monoisotopic (exact) mass is 158 g/mol. The Bertz CT molecular complexity index is 119. The van der Waals surface area contributed by atoms with E-state index >= 15 is 0 Å². The molecule has 0 amide bonds. The molecule has 3 nitrogen and oxygen atoms in total. The molecule has 1 fully saturated rings. The Labute approximate surface area is 68.2 Å². The van der Waals surface area contributed by atoms with E-state index in [-0.39, 0.29) is 6.61 Å². The van der Waals surface area contributed by atoms with Crippen LogP contribution in [0.4, 0.5) is 0 Å². The first-order chi connectivity index (χ1) is 5.24. The maximum atomic E-state index is 8.69. The molecule has 0 bridgehead atoms. The molecule has 0 saturated carbocycles. The van der Waals surface area contributed by atoms with Gasteiger partial charge in [-0.3, -0.25) is 4.90 Å². The van der Waals surface area contributed by atoms with Crippen LogP contribution >= 0.6 is 0 Å². The van der Waals surface area contributed by atoms with Crippen LogP contribution in [0.5, 0.6) is 0 Å². The molecule has 0 aliphatic carbocycles. The van der Waals surface area contributed by atoms with Gasteiger partial charge in [0, 0.05) is 19.1 Å². The minimum Gasteiger partial charge on any atom is -0.395 e. The maximum Gasteiger partial charge on any atom is 0.0558 e. The second-order valence-corrected chi connectivity index (χ2v) is 3.45. The normalized spacial score (nSPS) is 34.1. The second kappa shape index (κ2) is 4.04. The number of likely N-dealkylation sites (tertiary alicyclic amines) is 1. The number of rotatable bonds is 2. The molecule has 0 aromatic rings. The summed E-state index contributed by atoms with van der Waals surface area (Å²) in [6.07, 6.45) is 1.17. The number of piperidine rings is 1. The minimum atomic E-state index is 0.251. The van der Waals surface area contributed by atoms with Crippen molar-refractivity contribution in [1.82, 2.24) is 4.90 Å². The van der Waals surface area contributed by atoms with Crippen LogP contribution in [0.1, 0.15) is 13.3 Å². The summed E-state index contributed by atoms with van der Waals surface area (Å²) < 4.78 is 0. The van der Waals surface area contributed by atoms with Gasteiger partial charge >= 0.3 is 0 Å². The predicted octanol–water partition coefficient (Wildman–Crippen LogP) is -0.352. The average Bonchev–Trinajstić information content (AvgIpc) is 1.98. The molecule has 1 aliphatic heterocycles. The lowest BCUT2D eigenvalue weighted by Gasteiger charge is -2.34. The van der Waals surface area contributed by atoms with Crippen LogP contribution in [0.25, 0.3) is 0 Å². The van der Waals surface area contributed by atoms with Gasteiger partial charge in [-0.25, -0.2) is 0 Å². The zero-order chi connectivity index (χ0) is 8.27. The Balaban J connectivity index is 2.28. The van der Waals surface area contributed by atoms with Gasteiger partial charge in [0.1, 0.15) is 0 Å². The number of hydrogen-bond donors (Lipinski definition) is 2. The highest BCUT2D eigenvalue weighted by atomic mass is 16.3. The van der Waals surface area contributed by atoms with Gasteiger partial charge in [-0.2, -0.15) is 0 Å². The summed E-state index contributed by atoms with van der Waals surface area (Å²) in [6.45, 7) is 5.26. The Hall–Kier alpha value is -0.120. The number of aliphatic hydroxyl groups excluding tert-OH is 1. The molecule has 2 atom stereocenters. The van der Waals surface area contributed by atoms with E-state index < -0.39 is 0 Å². The third-order valence-corrected chi connectivity index (χ3v) is 2.52. The van der Waals surface area contributed by atoms with Crippen LogP contribution in [0.3, 0.4) is 0 Å². The Kier molecular flexibility index (Phi) is 3.30. The topological polar surface area (TPSA) is 49.5 Å². The predicted molar refractivity (Wildman–Crippen MR) is 45.3 cm³/mol. The molecule has 2 unspecified atom stereocenters. The fourth-order valence-electron chi connectivity index (χ4n) is 1.51. The van der Waals surface area contributed by atoms with Gasteiger partial charge in [-0.05, 0) is 18.9 Å². The summed E-state index contributed by atoms with van der Waals surface area (Å²) in [4.78, 5) is 2.23. The minimum absolute atomic E-state index is 0.251. The fraction of sp³-hybridized carbons (Fsp3) is 1.00. The van der Waals surface area contributed by atoms with Crippen LogP contribution in [0.15, 0.2) is 0 Å². The molecule has 1 heterocycles.